The number of likely N-dealkylation sites (tertiary alicyclic amines) is 1. The summed E-state index contributed by atoms with van der Waals surface area (Å²) in [5, 5.41) is 9.37. The molecule has 1 N–H and O–H groups in total. The fraction of sp³-hybridized carbons (Fsp3) is 0.562. The van der Waals surface area contributed by atoms with Crippen molar-refractivity contribution in [3.63, 3.8) is 0 Å². The maximum absolute atomic E-state index is 11.4. The van der Waals surface area contributed by atoms with Crippen LogP contribution in [0.25, 0.3) is 0 Å². The van der Waals surface area contributed by atoms with Crippen LogP contribution in [0.15, 0.2) is 12.1 Å². The van der Waals surface area contributed by atoms with Crippen LogP contribution in [0.2, 0.25) is 0 Å². The number of carboxylic acids is 1. The van der Waals surface area contributed by atoms with Crippen molar-refractivity contribution in [3.05, 3.63) is 17.7 Å². The van der Waals surface area contributed by atoms with Gasteiger partial charge in [-0.15, -0.1) is 0 Å². The normalized spacial score (nSPS) is 19.7. The molecule has 1 aliphatic heterocycles. The third-order valence-electron chi connectivity index (χ3n) is 4.26. The number of benzene rings is 1. The zero-order valence-electron chi connectivity index (χ0n) is 13.5. The zero-order valence-corrected chi connectivity index (χ0v) is 13.5. The summed E-state index contributed by atoms with van der Waals surface area (Å²) in [5.41, 5.74) is 0.897. The van der Waals surface area contributed by atoms with E-state index in [0.29, 0.717) is 23.7 Å². The molecule has 6 nitrogen and oxygen atoms in total. The second-order valence-electron chi connectivity index (χ2n) is 5.36. The van der Waals surface area contributed by atoms with Gasteiger partial charge in [-0.05, 0) is 32.4 Å². The number of aliphatic carboxylic acids is 1. The molecule has 2 atom stereocenters. The maximum Gasteiger partial charge on any atom is 0.320 e. The van der Waals surface area contributed by atoms with Crippen LogP contribution in [-0.2, 0) is 4.79 Å². The van der Waals surface area contributed by atoms with Gasteiger partial charge in [0.2, 0.25) is 0 Å². The summed E-state index contributed by atoms with van der Waals surface area (Å²) in [5.74, 6) is 1.09. The van der Waals surface area contributed by atoms with Gasteiger partial charge in [-0.3, -0.25) is 9.69 Å². The standard InChI is InChI=1S/C16H23NO5/c1-10(17-7-5-6-12(17)16(18)19)11-8-14(21-3)15(22-4)9-13(11)20-2/h8-10,12H,5-7H2,1-4H3,(H,18,19). The van der Waals surface area contributed by atoms with Crippen molar-refractivity contribution in [2.75, 3.05) is 27.9 Å². The molecule has 1 aliphatic rings. The Hall–Kier alpha value is -1.95. The lowest BCUT2D eigenvalue weighted by Crippen LogP contribution is -2.37. The topological polar surface area (TPSA) is 68.2 Å². The second-order valence-corrected chi connectivity index (χ2v) is 5.36. The molecule has 2 rings (SSSR count). The van der Waals surface area contributed by atoms with E-state index in [4.69, 9.17) is 14.2 Å². The summed E-state index contributed by atoms with van der Waals surface area (Å²) in [6, 6.07) is 3.10. The van der Waals surface area contributed by atoms with Gasteiger partial charge in [-0.25, -0.2) is 0 Å². The Morgan fingerprint density at radius 3 is 2.32 bits per heavy atom. The average Bonchev–Trinajstić information content (AvgIpc) is 3.02. The molecule has 0 bridgehead atoms. The van der Waals surface area contributed by atoms with Gasteiger partial charge in [0.25, 0.3) is 0 Å². The first kappa shape index (κ1) is 16.4. The van der Waals surface area contributed by atoms with Gasteiger partial charge in [0.15, 0.2) is 11.5 Å². The Labute approximate surface area is 130 Å². The summed E-state index contributed by atoms with van der Waals surface area (Å²) in [6.07, 6.45) is 1.56. The van der Waals surface area contributed by atoms with Crippen LogP contribution in [0.5, 0.6) is 17.2 Å². The Kier molecular flexibility index (Phi) is 5.13. The third kappa shape index (κ3) is 2.97. The highest BCUT2D eigenvalue weighted by Crippen LogP contribution is 2.40. The van der Waals surface area contributed by atoms with Crippen LogP contribution < -0.4 is 14.2 Å². The molecule has 0 aliphatic carbocycles. The molecule has 1 aromatic carbocycles. The summed E-state index contributed by atoms with van der Waals surface area (Å²) in [4.78, 5) is 13.4. The monoisotopic (exact) mass is 309 g/mol. The molecule has 2 unspecified atom stereocenters. The number of methoxy groups -OCH3 is 3. The predicted octanol–water partition coefficient (Wildman–Crippen LogP) is 2.32. The van der Waals surface area contributed by atoms with Gasteiger partial charge in [0.05, 0.1) is 21.3 Å². The van der Waals surface area contributed by atoms with Crippen molar-refractivity contribution < 1.29 is 24.1 Å². The molecule has 1 saturated heterocycles. The molecule has 0 amide bonds. The first-order chi connectivity index (χ1) is 10.5. The lowest BCUT2D eigenvalue weighted by molar-refractivity contribution is -0.142. The number of nitrogens with zero attached hydrogens (tertiary/aromatic N) is 1. The number of rotatable bonds is 6. The molecular weight excluding hydrogens is 286 g/mol. The Morgan fingerprint density at radius 1 is 1.18 bits per heavy atom. The van der Waals surface area contributed by atoms with E-state index in [1.807, 2.05) is 17.9 Å². The molecule has 1 fully saturated rings. The number of carbonyl (C=O) groups is 1. The lowest BCUT2D eigenvalue weighted by Gasteiger charge is -2.30. The molecule has 0 saturated carbocycles. The summed E-state index contributed by atoms with van der Waals surface area (Å²) in [6.45, 7) is 2.75. The number of hydrogen-bond acceptors (Lipinski definition) is 5. The molecule has 122 valence electrons. The molecular formula is C16H23NO5. The van der Waals surface area contributed by atoms with Gasteiger partial charge in [0, 0.05) is 17.7 Å². The quantitative estimate of drug-likeness (QED) is 0.870. The first-order valence-corrected chi connectivity index (χ1v) is 7.32. The molecule has 1 aromatic rings. The smallest absolute Gasteiger partial charge is 0.320 e. The number of ether oxygens (including phenoxy) is 3. The molecule has 0 aromatic heterocycles. The van der Waals surface area contributed by atoms with E-state index < -0.39 is 12.0 Å². The van der Waals surface area contributed by atoms with Crippen LogP contribution in [0, 0.1) is 0 Å². The van der Waals surface area contributed by atoms with E-state index in [2.05, 4.69) is 0 Å². The highest BCUT2D eigenvalue weighted by atomic mass is 16.5. The highest BCUT2D eigenvalue weighted by molar-refractivity contribution is 5.74. The number of carboxylic acid groups (broad SMARTS) is 1. The van der Waals surface area contributed by atoms with Gasteiger partial charge < -0.3 is 19.3 Å². The van der Waals surface area contributed by atoms with E-state index in [1.165, 1.54) is 0 Å². The minimum Gasteiger partial charge on any atom is -0.496 e. The summed E-state index contributed by atoms with van der Waals surface area (Å²) >= 11 is 0. The largest absolute Gasteiger partial charge is 0.496 e. The number of hydrogen-bond donors (Lipinski definition) is 1. The van der Waals surface area contributed by atoms with Crippen molar-refractivity contribution in [3.8, 4) is 17.2 Å². The van der Waals surface area contributed by atoms with E-state index in [9.17, 15) is 9.90 Å². The SMILES string of the molecule is COc1cc(OC)c(C(C)N2CCCC2C(=O)O)cc1OC. The third-order valence-corrected chi connectivity index (χ3v) is 4.26. The zero-order chi connectivity index (χ0) is 16.3. The van der Waals surface area contributed by atoms with Crippen LogP contribution in [0.1, 0.15) is 31.4 Å². The predicted molar refractivity (Wildman–Crippen MR) is 81.9 cm³/mol. The van der Waals surface area contributed by atoms with Crippen LogP contribution >= 0.6 is 0 Å². The van der Waals surface area contributed by atoms with Crippen LogP contribution in [-0.4, -0.2) is 49.9 Å². The molecule has 0 spiro atoms. The van der Waals surface area contributed by atoms with Crippen molar-refractivity contribution in [1.29, 1.82) is 0 Å². The van der Waals surface area contributed by atoms with E-state index in [0.717, 1.165) is 18.5 Å². The van der Waals surface area contributed by atoms with Crippen molar-refractivity contribution >= 4 is 5.97 Å². The van der Waals surface area contributed by atoms with E-state index in [-0.39, 0.29) is 6.04 Å². The Morgan fingerprint density at radius 2 is 1.77 bits per heavy atom. The molecule has 6 heteroatoms. The molecule has 0 radical (unpaired) electrons. The van der Waals surface area contributed by atoms with E-state index >= 15 is 0 Å². The average molecular weight is 309 g/mol. The van der Waals surface area contributed by atoms with Gasteiger partial charge in [-0.2, -0.15) is 0 Å². The van der Waals surface area contributed by atoms with Crippen molar-refractivity contribution in [1.82, 2.24) is 4.90 Å². The second kappa shape index (κ2) is 6.87. The Bertz CT molecular complexity index is 546. The lowest BCUT2D eigenvalue weighted by atomic mass is 10.0. The van der Waals surface area contributed by atoms with Gasteiger partial charge in [-0.1, -0.05) is 0 Å². The first-order valence-electron chi connectivity index (χ1n) is 7.32. The van der Waals surface area contributed by atoms with Crippen LogP contribution in [0.3, 0.4) is 0 Å². The molecule has 22 heavy (non-hydrogen) atoms. The van der Waals surface area contributed by atoms with Gasteiger partial charge >= 0.3 is 5.97 Å². The molecule has 1 heterocycles. The minimum atomic E-state index is -0.774. The van der Waals surface area contributed by atoms with E-state index in [1.54, 1.807) is 27.4 Å². The minimum absolute atomic E-state index is 0.0849. The maximum atomic E-state index is 11.4. The van der Waals surface area contributed by atoms with Crippen molar-refractivity contribution in [2.24, 2.45) is 0 Å². The Balaban J connectivity index is 2.39. The fourth-order valence-corrected chi connectivity index (χ4v) is 3.08. The van der Waals surface area contributed by atoms with Crippen LogP contribution in [0.4, 0.5) is 0 Å². The van der Waals surface area contributed by atoms with Gasteiger partial charge in [0.1, 0.15) is 11.8 Å². The summed E-state index contributed by atoms with van der Waals surface area (Å²) < 4.78 is 16.1. The summed E-state index contributed by atoms with van der Waals surface area (Å²) in [7, 11) is 4.74. The fourth-order valence-electron chi connectivity index (χ4n) is 3.08. The van der Waals surface area contributed by atoms with Crippen molar-refractivity contribution in [2.45, 2.75) is 31.8 Å². The highest BCUT2D eigenvalue weighted by Gasteiger charge is 2.35.